The van der Waals surface area contributed by atoms with Crippen LogP contribution in [0.1, 0.15) is 18.7 Å². The highest BCUT2D eigenvalue weighted by atomic mass is 14.9. The molecule has 3 rings (SSSR count). The summed E-state index contributed by atoms with van der Waals surface area (Å²) in [6, 6.07) is 7.84. The third-order valence-electron chi connectivity index (χ3n) is 3.10. The summed E-state index contributed by atoms with van der Waals surface area (Å²) in [5.41, 5.74) is 0.901. The third kappa shape index (κ3) is 2.49. The number of aromatic nitrogens is 2. The normalized spacial score (nSPS) is 19.2. The van der Waals surface area contributed by atoms with Gasteiger partial charge in [-0.2, -0.15) is 0 Å². The molecule has 0 amide bonds. The summed E-state index contributed by atoms with van der Waals surface area (Å²) in [6.45, 7) is 2.09. The highest BCUT2D eigenvalue weighted by Gasteiger charge is 2.09. The fourth-order valence-corrected chi connectivity index (χ4v) is 2.12. The van der Waals surface area contributed by atoms with Crippen LogP contribution >= 0.6 is 0 Å². The van der Waals surface area contributed by atoms with E-state index in [-0.39, 0.29) is 0 Å². The molecule has 1 unspecified atom stereocenters. The van der Waals surface area contributed by atoms with E-state index in [4.69, 9.17) is 0 Å². The first-order valence-electron chi connectivity index (χ1n) is 6.28. The number of para-hydroxylation sites is 1. The molecule has 0 spiro atoms. The molecular weight excluding hydrogens is 222 g/mol. The molecule has 18 heavy (non-hydrogen) atoms. The van der Waals surface area contributed by atoms with Crippen molar-refractivity contribution in [2.24, 2.45) is 5.92 Å². The summed E-state index contributed by atoms with van der Waals surface area (Å²) in [7, 11) is 0. The lowest BCUT2D eigenvalue weighted by atomic mass is 10.0. The van der Waals surface area contributed by atoms with Crippen molar-refractivity contribution in [3.63, 3.8) is 0 Å². The Kier molecular flexibility index (Phi) is 3.20. The van der Waals surface area contributed by atoms with E-state index in [2.05, 4.69) is 33.3 Å². The van der Waals surface area contributed by atoms with Gasteiger partial charge in [0, 0.05) is 17.8 Å². The van der Waals surface area contributed by atoms with E-state index in [1.807, 2.05) is 24.3 Å². The zero-order chi connectivity index (χ0) is 12.2. The minimum Gasteiger partial charge on any atom is -0.316 e. The number of fused-ring (bicyclic) bond motifs is 1. The highest BCUT2D eigenvalue weighted by Crippen LogP contribution is 2.10. The molecule has 1 N–H and O–H groups in total. The number of nitrogens with zero attached hydrogens (tertiary/aromatic N) is 2. The van der Waals surface area contributed by atoms with E-state index in [1.54, 1.807) is 0 Å². The topological polar surface area (TPSA) is 37.8 Å². The summed E-state index contributed by atoms with van der Waals surface area (Å²) < 4.78 is 0. The van der Waals surface area contributed by atoms with Crippen molar-refractivity contribution in [3.8, 4) is 11.8 Å². The van der Waals surface area contributed by atoms with Crippen molar-refractivity contribution in [1.82, 2.24) is 15.3 Å². The molecular formula is C15H14N3. The zero-order valence-corrected chi connectivity index (χ0v) is 10.1. The molecule has 1 aromatic carbocycles. The molecule has 2 heterocycles. The van der Waals surface area contributed by atoms with Crippen LogP contribution in [-0.4, -0.2) is 23.1 Å². The smallest absolute Gasteiger partial charge is 0.206 e. The average Bonchev–Trinajstić information content (AvgIpc) is 2.46. The molecule has 1 atom stereocenters. The third-order valence-corrected chi connectivity index (χ3v) is 3.10. The van der Waals surface area contributed by atoms with Gasteiger partial charge < -0.3 is 5.32 Å². The first kappa shape index (κ1) is 11.2. The largest absolute Gasteiger partial charge is 0.316 e. The van der Waals surface area contributed by atoms with Crippen molar-refractivity contribution in [2.75, 3.05) is 13.1 Å². The molecule has 1 fully saturated rings. The van der Waals surface area contributed by atoms with Gasteiger partial charge in [-0.1, -0.05) is 24.1 Å². The van der Waals surface area contributed by atoms with Gasteiger partial charge in [0.2, 0.25) is 5.82 Å². The second-order valence-corrected chi connectivity index (χ2v) is 4.49. The van der Waals surface area contributed by atoms with E-state index in [9.17, 15) is 0 Å². The van der Waals surface area contributed by atoms with Crippen molar-refractivity contribution in [3.05, 3.63) is 36.3 Å². The van der Waals surface area contributed by atoms with Crippen LogP contribution in [0.4, 0.5) is 0 Å². The van der Waals surface area contributed by atoms with E-state index in [0.29, 0.717) is 11.7 Å². The molecule has 3 nitrogen and oxygen atoms in total. The summed E-state index contributed by atoms with van der Waals surface area (Å²) >= 11 is 0. The van der Waals surface area contributed by atoms with Crippen LogP contribution < -0.4 is 5.32 Å². The van der Waals surface area contributed by atoms with E-state index in [1.165, 1.54) is 6.42 Å². The van der Waals surface area contributed by atoms with Gasteiger partial charge in [-0.05, 0) is 31.4 Å². The Morgan fingerprint density at radius 1 is 1.33 bits per heavy atom. The quantitative estimate of drug-likeness (QED) is 0.709. The Balaban J connectivity index is 1.84. The molecule has 1 aliphatic rings. The van der Waals surface area contributed by atoms with Crippen LogP contribution in [-0.2, 0) is 0 Å². The Morgan fingerprint density at radius 2 is 2.28 bits per heavy atom. The summed E-state index contributed by atoms with van der Waals surface area (Å²) in [6.07, 6.45) is 5.34. The molecule has 3 heteroatoms. The van der Waals surface area contributed by atoms with Gasteiger partial charge in [0.25, 0.3) is 0 Å². The first-order valence-corrected chi connectivity index (χ1v) is 6.28. The second-order valence-electron chi connectivity index (χ2n) is 4.49. The van der Waals surface area contributed by atoms with E-state index in [0.717, 1.165) is 30.4 Å². The van der Waals surface area contributed by atoms with Gasteiger partial charge in [0.1, 0.15) is 6.20 Å². The van der Waals surface area contributed by atoms with Crippen LogP contribution in [0, 0.1) is 24.0 Å². The van der Waals surface area contributed by atoms with Crippen molar-refractivity contribution in [2.45, 2.75) is 12.8 Å². The number of benzene rings is 1. The molecule has 0 saturated carbocycles. The molecule has 0 bridgehead atoms. The monoisotopic (exact) mass is 236 g/mol. The number of hydrogen-bond donors (Lipinski definition) is 1. The highest BCUT2D eigenvalue weighted by molar-refractivity contribution is 5.76. The van der Waals surface area contributed by atoms with Gasteiger partial charge in [-0.25, -0.2) is 9.97 Å². The predicted octanol–water partition coefficient (Wildman–Crippen LogP) is 1.78. The van der Waals surface area contributed by atoms with Crippen LogP contribution in [0.2, 0.25) is 0 Å². The van der Waals surface area contributed by atoms with E-state index >= 15 is 0 Å². The average molecular weight is 236 g/mol. The predicted molar refractivity (Wildman–Crippen MR) is 70.8 cm³/mol. The van der Waals surface area contributed by atoms with Gasteiger partial charge in [-0.3, -0.25) is 0 Å². The molecule has 0 aliphatic carbocycles. The Morgan fingerprint density at radius 3 is 3.17 bits per heavy atom. The molecule has 89 valence electrons. The lowest BCUT2D eigenvalue weighted by Crippen LogP contribution is -2.28. The lowest BCUT2D eigenvalue weighted by Gasteiger charge is -2.17. The number of rotatable bonds is 0. The standard InChI is InChI=1S/C15H14N3/c1-2-6-14-13(5-1)11-17-15(18-14)8-7-12-4-3-9-16-10-12/h1-2,5-6,12,16H,3-4,9-10H2. The maximum atomic E-state index is 4.42. The lowest BCUT2D eigenvalue weighted by molar-refractivity contribution is 0.449. The molecule has 2 aromatic rings. The Labute approximate surface area is 107 Å². The van der Waals surface area contributed by atoms with Gasteiger partial charge >= 0.3 is 0 Å². The number of nitrogens with one attached hydrogen (secondary N) is 1. The minimum absolute atomic E-state index is 0.425. The van der Waals surface area contributed by atoms with Crippen molar-refractivity contribution < 1.29 is 0 Å². The number of hydrogen-bond acceptors (Lipinski definition) is 3. The SMILES string of the molecule is C(#CC1CCCNC1)c1n[c]c2ccccc2n1. The fraction of sp³-hybridized carbons (Fsp3) is 0.333. The molecule has 1 saturated heterocycles. The van der Waals surface area contributed by atoms with Crippen LogP contribution in [0.5, 0.6) is 0 Å². The van der Waals surface area contributed by atoms with Crippen molar-refractivity contribution >= 4 is 10.9 Å². The Bertz CT molecular complexity index is 604. The van der Waals surface area contributed by atoms with Crippen molar-refractivity contribution in [1.29, 1.82) is 0 Å². The molecule has 1 radical (unpaired) electrons. The van der Waals surface area contributed by atoms with Crippen LogP contribution in [0.3, 0.4) is 0 Å². The molecule has 1 aromatic heterocycles. The summed E-state index contributed by atoms with van der Waals surface area (Å²) in [4.78, 5) is 8.58. The first-order chi connectivity index (χ1) is 8.92. The van der Waals surface area contributed by atoms with Crippen LogP contribution in [0.15, 0.2) is 24.3 Å². The Hall–Kier alpha value is -1.92. The fourth-order valence-electron chi connectivity index (χ4n) is 2.12. The maximum absolute atomic E-state index is 4.42. The van der Waals surface area contributed by atoms with Gasteiger partial charge in [0.05, 0.1) is 5.52 Å². The summed E-state index contributed by atoms with van der Waals surface area (Å²) in [5, 5.41) is 4.28. The second kappa shape index (κ2) is 5.16. The van der Waals surface area contributed by atoms with Crippen LogP contribution in [0.25, 0.3) is 10.9 Å². The molecule has 1 aliphatic heterocycles. The maximum Gasteiger partial charge on any atom is 0.206 e. The summed E-state index contributed by atoms with van der Waals surface area (Å²) in [5.74, 6) is 7.30. The minimum atomic E-state index is 0.425. The van der Waals surface area contributed by atoms with Gasteiger partial charge in [0.15, 0.2) is 0 Å². The zero-order valence-electron chi connectivity index (χ0n) is 10.1. The van der Waals surface area contributed by atoms with E-state index < -0.39 is 0 Å². The van der Waals surface area contributed by atoms with Gasteiger partial charge in [-0.15, -0.1) is 0 Å². The number of piperidine rings is 1.